The monoisotopic (exact) mass is 212 g/mol. The van der Waals surface area contributed by atoms with Crippen molar-refractivity contribution in [3.05, 3.63) is 48.0 Å². The van der Waals surface area contributed by atoms with E-state index in [9.17, 15) is 4.79 Å². The minimum Gasteiger partial charge on any atom is -0.299 e. The lowest BCUT2D eigenvalue weighted by atomic mass is 9.68. The molecule has 16 heavy (non-hydrogen) atoms. The van der Waals surface area contributed by atoms with Crippen molar-refractivity contribution in [2.24, 2.45) is 11.8 Å². The Kier molecular flexibility index (Phi) is 2.39. The van der Waals surface area contributed by atoms with Gasteiger partial charge in [-0.1, -0.05) is 48.9 Å². The largest absolute Gasteiger partial charge is 0.299 e. The van der Waals surface area contributed by atoms with Crippen LogP contribution in [0.25, 0.3) is 0 Å². The summed E-state index contributed by atoms with van der Waals surface area (Å²) in [6.45, 7) is 0. The molecule has 1 saturated carbocycles. The molecule has 0 unspecified atom stereocenters. The minimum absolute atomic E-state index is 0.221. The highest BCUT2D eigenvalue weighted by Crippen LogP contribution is 2.41. The molecule has 3 atom stereocenters. The van der Waals surface area contributed by atoms with Gasteiger partial charge in [0.15, 0.2) is 0 Å². The van der Waals surface area contributed by atoms with Gasteiger partial charge >= 0.3 is 0 Å². The van der Waals surface area contributed by atoms with Crippen LogP contribution in [0.1, 0.15) is 30.7 Å². The fourth-order valence-corrected chi connectivity index (χ4v) is 3.07. The van der Waals surface area contributed by atoms with Crippen LogP contribution in [-0.4, -0.2) is 5.78 Å². The van der Waals surface area contributed by atoms with Crippen molar-refractivity contribution >= 4 is 5.78 Å². The molecule has 2 aliphatic rings. The maximum Gasteiger partial charge on any atom is 0.143 e. The van der Waals surface area contributed by atoms with E-state index in [1.807, 2.05) is 6.07 Å². The zero-order valence-electron chi connectivity index (χ0n) is 9.30. The van der Waals surface area contributed by atoms with Crippen molar-refractivity contribution in [2.75, 3.05) is 0 Å². The Balaban J connectivity index is 1.97. The zero-order chi connectivity index (χ0) is 11.0. The maximum atomic E-state index is 12.1. The Morgan fingerprint density at radius 1 is 1.00 bits per heavy atom. The van der Waals surface area contributed by atoms with E-state index in [1.165, 1.54) is 12.0 Å². The van der Waals surface area contributed by atoms with Gasteiger partial charge in [0.1, 0.15) is 5.78 Å². The van der Waals surface area contributed by atoms with Gasteiger partial charge in [-0.15, -0.1) is 0 Å². The molecule has 0 amide bonds. The van der Waals surface area contributed by atoms with E-state index in [1.54, 1.807) is 0 Å². The lowest BCUT2D eigenvalue weighted by Gasteiger charge is -2.35. The van der Waals surface area contributed by atoms with Gasteiger partial charge in [-0.2, -0.15) is 0 Å². The summed E-state index contributed by atoms with van der Waals surface area (Å²) in [5, 5.41) is 0. The first-order chi connectivity index (χ1) is 7.86. The number of fused-ring (bicyclic) bond motifs is 2. The second-order valence-electron chi connectivity index (χ2n) is 4.87. The SMILES string of the molecule is O=C1[C@H]2CCC[C@@H]1C=C[C@H]2c1ccccc1. The van der Waals surface area contributed by atoms with Gasteiger partial charge < -0.3 is 0 Å². The van der Waals surface area contributed by atoms with Crippen LogP contribution in [-0.2, 0) is 4.79 Å². The molecule has 0 saturated heterocycles. The van der Waals surface area contributed by atoms with Gasteiger partial charge in [0.25, 0.3) is 0 Å². The summed E-state index contributed by atoms with van der Waals surface area (Å²) in [5.41, 5.74) is 1.29. The summed E-state index contributed by atoms with van der Waals surface area (Å²) in [5.74, 6) is 1.26. The van der Waals surface area contributed by atoms with Crippen LogP contribution < -0.4 is 0 Å². The number of Topliss-reactive ketones (excluding diaryl/α,β-unsaturated/α-hetero) is 1. The quantitative estimate of drug-likeness (QED) is 0.653. The smallest absolute Gasteiger partial charge is 0.143 e. The lowest BCUT2D eigenvalue weighted by Crippen LogP contribution is -2.34. The predicted octanol–water partition coefficient (Wildman–Crippen LogP) is 3.33. The molecule has 1 aromatic carbocycles. The third kappa shape index (κ3) is 1.51. The van der Waals surface area contributed by atoms with E-state index < -0.39 is 0 Å². The molecule has 2 bridgehead atoms. The summed E-state index contributed by atoms with van der Waals surface area (Å²) >= 11 is 0. The van der Waals surface area contributed by atoms with Crippen molar-refractivity contribution in [1.29, 1.82) is 0 Å². The lowest BCUT2D eigenvalue weighted by molar-refractivity contribution is -0.128. The van der Waals surface area contributed by atoms with Crippen molar-refractivity contribution in [3.63, 3.8) is 0 Å². The number of benzene rings is 1. The predicted molar refractivity (Wildman–Crippen MR) is 64.2 cm³/mol. The maximum absolute atomic E-state index is 12.1. The van der Waals surface area contributed by atoms with Gasteiger partial charge in [0, 0.05) is 17.8 Å². The number of carbonyl (C=O) groups is 1. The highest BCUT2D eigenvalue weighted by Gasteiger charge is 2.37. The molecule has 3 rings (SSSR count). The van der Waals surface area contributed by atoms with Crippen molar-refractivity contribution in [1.82, 2.24) is 0 Å². The summed E-state index contributed by atoms with van der Waals surface area (Å²) in [4.78, 5) is 12.1. The van der Waals surface area contributed by atoms with E-state index in [0.717, 1.165) is 12.8 Å². The van der Waals surface area contributed by atoms with Crippen LogP contribution >= 0.6 is 0 Å². The number of hydrogen-bond donors (Lipinski definition) is 0. The van der Waals surface area contributed by atoms with Crippen LogP contribution in [0.3, 0.4) is 0 Å². The summed E-state index contributed by atoms with van der Waals surface area (Å²) in [7, 11) is 0. The topological polar surface area (TPSA) is 17.1 Å². The van der Waals surface area contributed by atoms with Gasteiger partial charge in [0.2, 0.25) is 0 Å². The minimum atomic E-state index is 0.221. The molecule has 0 aromatic heterocycles. The first-order valence-corrected chi connectivity index (χ1v) is 6.13. The highest BCUT2D eigenvalue weighted by atomic mass is 16.1. The molecule has 1 aromatic rings. The number of rotatable bonds is 1. The molecule has 0 radical (unpaired) electrons. The van der Waals surface area contributed by atoms with Crippen LogP contribution in [0, 0.1) is 11.8 Å². The number of hydrogen-bond acceptors (Lipinski definition) is 1. The second kappa shape index (κ2) is 3.89. The molecule has 1 fully saturated rings. The summed E-state index contributed by atoms with van der Waals surface area (Å²) in [6, 6.07) is 10.4. The van der Waals surface area contributed by atoms with E-state index in [4.69, 9.17) is 0 Å². The van der Waals surface area contributed by atoms with E-state index in [-0.39, 0.29) is 11.8 Å². The number of ketones is 1. The molecule has 82 valence electrons. The molecule has 0 heterocycles. The molecule has 0 aliphatic heterocycles. The normalized spacial score (nSPS) is 32.8. The Hall–Kier alpha value is -1.37. The highest BCUT2D eigenvalue weighted by molar-refractivity contribution is 5.88. The Bertz CT molecular complexity index is 418. The molecule has 1 heteroatoms. The first kappa shape index (κ1) is 9.83. The first-order valence-electron chi connectivity index (χ1n) is 6.13. The molecular formula is C15H16O. The van der Waals surface area contributed by atoms with Crippen LogP contribution in [0.2, 0.25) is 0 Å². The summed E-state index contributed by atoms with van der Waals surface area (Å²) < 4.78 is 0. The van der Waals surface area contributed by atoms with Gasteiger partial charge in [-0.25, -0.2) is 0 Å². The molecular weight excluding hydrogens is 196 g/mol. The van der Waals surface area contributed by atoms with Crippen molar-refractivity contribution in [2.45, 2.75) is 25.2 Å². The third-order valence-electron chi connectivity index (χ3n) is 3.93. The number of allylic oxidation sites excluding steroid dienone is 2. The molecule has 1 nitrogen and oxygen atoms in total. The molecule has 2 aliphatic carbocycles. The van der Waals surface area contributed by atoms with Crippen molar-refractivity contribution in [3.8, 4) is 0 Å². The van der Waals surface area contributed by atoms with Crippen LogP contribution in [0.4, 0.5) is 0 Å². The molecule has 0 N–H and O–H groups in total. The second-order valence-corrected chi connectivity index (χ2v) is 4.87. The van der Waals surface area contributed by atoms with Gasteiger partial charge in [-0.3, -0.25) is 4.79 Å². The molecule has 0 spiro atoms. The summed E-state index contributed by atoms with van der Waals surface area (Å²) in [6.07, 6.45) is 7.72. The Morgan fingerprint density at radius 3 is 2.62 bits per heavy atom. The van der Waals surface area contributed by atoms with Crippen molar-refractivity contribution < 1.29 is 4.79 Å². The average Bonchev–Trinajstić information content (AvgIpc) is 2.30. The van der Waals surface area contributed by atoms with E-state index >= 15 is 0 Å². The van der Waals surface area contributed by atoms with Gasteiger partial charge in [0.05, 0.1) is 0 Å². The Labute approximate surface area is 96.2 Å². The zero-order valence-corrected chi connectivity index (χ0v) is 9.30. The number of carbonyl (C=O) groups excluding carboxylic acids is 1. The van der Waals surface area contributed by atoms with E-state index in [2.05, 4.69) is 36.4 Å². The fraction of sp³-hybridized carbons (Fsp3) is 0.400. The van der Waals surface area contributed by atoms with E-state index in [0.29, 0.717) is 11.7 Å². The van der Waals surface area contributed by atoms with Crippen LogP contribution in [0.15, 0.2) is 42.5 Å². The van der Waals surface area contributed by atoms with Crippen LogP contribution in [0.5, 0.6) is 0 Å². The van der Waals surface area contributed by atoms with Gasteiger partial charge in [-0.05, 0) is 18.4 Å². The fourth-order valence-electron chi connectivity index (χ4n) is 3.07. The Morgan fingerprint density at radius 2 is 1.81 bits per heavy atom. The standard InChI is InChI=1S/C15H16O/c16-15-12-7-4-8-14(15)13(10-9-12)11-5-2-1-3-6-11/h1-3,5-6,9-10,12-14H,4,7-8H2/t12-,13+,14+/m1/s1. The average molecular weight is 212 g/mol. The third-order valence-corrected chi connectivity index (χ3v) is 3.93.